The SMILES string of the molecule is CSCC(C)n1nnnc1CNC(C)(C)C. The Hall–Kier alpha value is -0.620. The van der Waals surface area contributed by atoms with Crippen molar-refractivity contribution in [3.05, 3.63) is 5.82 Å². The standard InChI is InChI=1S/C10H21N5S/c1-8(7-16-5)15-9(12-13-14-15)6-11-10(2,3)4/h8,11H,6-7H2,1-5H3. The highest BCUT2D eigenvalue weighted by molar-refractivity contribution is 7.98. The van der Waals surface area contributed by atoms with Crippen molar-refractivity contribution in [1.82, 2.24) is 25.5 Å². The fourth-order valence-electron chi connectivity index (χ4n) is 1.33. The molecule has 1 N–H and O–H groups in total. The number of thioether (sulfide) groups is 1. The van der Waals surface area contributed by atoms with Crippen LogP contribution in [0.15, 0.2) is 0 Å². The minimum atomic E-state index is 0.0829. The molecule has 0 fully saturated rings. The Bertz CT molecular complexity index is 317. The van der Waals surface area contributed by atoms with Gasteiger partial charge in [-0.25, -0.2) is 4.68 Å². The maximum Gasteiger partial charge on any atom is 0.165 e. The third-order valence-electron chi connectivity index (χ3n) is 2.16. The second kappa shape index (κ2) is 5.63. The van der Waals surface area contributed by atoms with Gasteiger partial charge < -0.3 is 5.32 Å². The van der Waals surface area contributed by atoms with Crippen LogP contribution in [0.5, 0.6) is 0 Å². The molecule has 0 aliphatic rings. The topological polar surface area (TPSA) is 55.6 Å². The summed E-state index contributed by atoms with van der Waals surface area (Å²) in [6.07, 6.45) is 2.09. The summed E-state index contributed by atoms with van der Waals surface area (Å²) >= 11 is 1.80. The van der Waals surface area contributed by atoms with E-state index in [0.717, 1.165) is 11.6 Å². The van der Waals surface area contributed by atoms with E-state index in [1.54, 1.807) is 11.8 Å². The lowest BCUT2D eigenvalue weighted by molar-refractivity contribution is 0.400. The first kappa shape index (κ1) is 13.4. The summed E-state index contributed by atoms with van der Waals surface area (Å²) < 4.78 is 1.90. The Balaban J connectivity index is 2.63. The molecule has 0 amide bonds. The minimum absolute atomic E-state index is 0.0829. The molecule has 16 heavy (non-hydrogen) atoms. The highest BCUT2D eigenvalue weighted by Gasteiger charge is 2.15. The molecule has 1 aromatic heterocycles. The van der Waals surface area contributed by atoms with Crippen LogP contribution in [0.2, 0.25) is 0 Å². The molecule has 5 nitrogen and oxygen atoms in total. The van der Waals surface area contributed by atoms with Gasteiger partial charge in [-0.2, -0.15) is 11.8 Å². The van der Waals surface area contributed by atoms with Crippen molar-refractivity contribution < 1.29 is 0 Å². The molecule has 1 aromatic rings. The third-order valence-corrected chi connectivity index (χ3v) is 2.98. The molecule has 6 heteroatoms. The molecule has 0 bridgehead atoms. The van der Waals surface area contributed by atoms with Gasteiger partial charge in [0.25, 0.3) is 0 Å². The molecule has 92 valence electrons. The van der Waals surface area contributed by atoms with Crippen molar-refractivity contribution in [3.63, 3.8) is 0 Å². The van der Waals surface area contributed by atoms with E-state index in [1.807, 2.05) is 4.68 Å². The lowest BCUT2D eigenvalue weighted by atomic mass is 10.1. The third kappa shape index (κ3) is 4.09. The molecule has 0 spiro atoms. The average Bonchev–Trinajstić information content (AvgIpc) is 2.61. The maximum absolute atomic E-state index is 4.05. The number of hydrogen-bond acceptors (Lipinski definition) is 5. The predicted octanol–water partition coefficient (Wildman–Crippen LogP) is 1.49. The number of nitrogens with one attached hydrogen (secondary N) is 1. The molecular weight excluding hydrogens is 222 g/mol. The Morgan fingerprint density at radius 1 is 1.44 bits per heavy atom. The van der Waals surface area contributed by atoms with Crippen LogP contribution < -0.4 is 5.32 Å². The van der Waals surface area contributed by atoms with E-state index >= 15 is 0 Å². The number of tetrazole rings is 1. The summed E-state index contributed by atoms with van der Waals surface area (Å²) in [5, 5.41) is 15.2. The Labute approximate surface area is 101 Å². The van der Waals surface area contributed by atoms with Gasteiger partial charge in [0.05, 0.1) is 12.6 Å². The Morgan fingerprint density at radius 3 is 2.69 bits per heavy atom. The molecule has 0 aliphatic carbocycles. The van der Waals surface area contributed by atoms with Gasteiger partial charge in [0, 0.05) is 11.3 Å². The molecule has 0 saturated carbocycles. The quantitative estimate of drug-likeness (QED) is 0.849. The van der Waals surface area contributed by atoms with E-state index in [2.05, 4.69) is 54.8 Å². The van der Waals surface area contributed by atoms with Crippen LogP contribution in [0.1, 0.15) is 39.6 Å². The van der Waals surface area contributed by atoms with Crippen LogP contribution in [0.3, 0.4) is 0 Å². The van der Waals surface area contributed by atoms with Gasteiger partial charge in [-0.05, 0) is 44.4 Å². The molecule has 1 heterocycles. The van der Waals surface area contributed by atoms with Gasteiger partial charge in [-0.15, -0.1) is 5.10 Å². The number of nitrogens with zero attached hydrogens (tertiary/aromatic N) is 4. The fraction of sp³-hybridized carbons (Fsp3) is 0.900. The summed E-state index contributed by atoms with van der Waals surface area (Å²) in [6, 6.07) is 0.335. The highest BCUT2D eigenvalue weighted by Crippen LogP contribution is 2.12. The first-order valence-electron chi connectivity index (χ1n) is 5.45. The summed E-state index contributed by atoms with van der Waals surface area (Å²) in [5.74, 6) is 1.92. The van der Waals surface area contributed by atoms with Crippen molar-refractivity contribution in [3.8, 4) is 0 Å². The average molecular weight is 243 g/mol. The predicted molar refractivity (Wildman–Crippen MR) is 67.5 cm³/mol. The number of aromatic nitrogens is 4. The first-order chi connectivity index (χ1) is 7.44. The second-order valence-electron chi connectivity index (χ2n) is 4.95. The normalized spacial score (nSPS) is 14.1. The fourth-order valence-corrected chi connectivity index (χ4v) is 1.95. The number of rotatable bonds is 5. The van der Waals surface area contributed by atoms with Crippen LogP contribution in [0.25, 0.3) is 0 Å². The van der Waals surface area contributed by atoms with Crippen molar-refractivity contribution in [1.29, 1.82) is 0 Å². The molecule has 0 aromatic carbocycles. The number of hydrogen-bond donors (Lipinski definition) is 1. The van der Waals surface area contributed by atoms with E-state index in [9.17, 15) is 0 Å². The zero-order chi connectivity index (χ0) is 12.2. The monoisotopic (exact) mass is 243 g/mol. The van der Waals surface area contributed by atoms with Crippen molar-refractivity contribution in [2.24, 2.45) is 0 Å². The second-order valence-corrected chi connectivity index (χ2v) is 5.86. The highest BCUT2D eigenvalue weighted by atomic mass is 32.2. The smallest absolute Gasteiger partial charge is 0.165 e. The van der Waals surface area contributed by atoms with Crippen molar-refractivity contribution >= 4 is 11.8 Å². The van der Waals surface area contributed by atoms with Gasteiger partial charge in [0.15, 0.2) is 5.82 Å². The van der Waals surface area contributed by atoms with E-state index in [0.29, 0.717) is 12.6 Å². The van der Waals surface area contributed by atoms with Gasteiger partial charge in [-0.3, -0.25) is 0 Å². The van der Waals surface area contributed by atoms with E-state index in [-0.39, 0.29) is 5.54 Å². The molecule has 0 saturated heterocycles. The van der Waals surface area contributed by atoms with Crippen molar-refractivity contribution in [2.45, 2.75) is 45.8 Å². The largest absolute Gasteiger partial charge is 0.305 e. The van der Waals surface area contributed by atoms with Crippen LogP contribution in [0.4, 0.5) is 0 Å². The van der Waals surface area contributed by atoms with E-state index < -0.39 is 0 Å². The van der Waals surface area contributed by atoms with Gasteiger partial charge in [0.1, 0.15) is 0 Å². The first-order valence-corrected chi connectivity index (χ1v) is 6.84. The van der Waals surface area contributed by atoms with Gasteiger partial charge in [-0.1, -0.05) is 0 Å². The van der Waals surface area contributed by atoms with Gasteiger partial charge >= 0.3 is 0 Å². The van der Waals surface area contributed by atoms with Crippen molar-refractivity contribution in [2.75, 3.05) is 12.0 Å². The van der Waals surface area contributed by atoms with Crippen LogP contribution in [-0.4, -0.2) is 37.8 Å². The minimum Gasteiger partial charge on any atom is -0.305 e. The molecule has 1 unspecified atom stereocenters. The summed E-state index contributed by atoms with van der Waals surface area (Å²) in [5.41, 5.74) is 0.0829. The Morgan fingerprint density at radius 2 is 2.12 bits per heavy atom. The van der Waals surface area contributed by atoms with Gasteiger partial charge in [0.2, 0.25) is 0 Å². The molecule has 1 atom stereocenters. The molecule has 0 radical (unpaired) electrons. The molecule has 1 rings (SSSR count). The lowest BCUT2D eigenvalue weighted by Crippen LogP contribution is -2.36. The van der Waals surface area contributed by atoms with Crippen LogP contribution in [0, 0.1) is 0 Å². The summed E-state index contributed by atoms with van der Waals surface area (Å²) in [4.78, 5) is 0. The summed E-state index contributed by atoms with van der Waals surface area (Å²) in [6.45, 7) is 9.23. The molecule has 0 aliphatic heterocycles. The zero-order valence-electron chi connectivity index (χ0n) is 10.7. The van der Waals surface area contributed by atoms with Crippen LogP contribution in [-0.2, 0) is 6.54 Å². The van der Waals surface area contributed by atoms with E-state index in [4.69, 9.17) is 0 Å². The Kier molecular flexibility index (Phi) is 4.73. The van der Waals surface area contributed by atoms with E-state index in [1.165, 1.54) is 0 Å². The lowest BCUT2D eigenvalue weighted by Gasteiger charge is -2.20. The maximum atomic E-state index is 4.05. The van der Waals surface area contributed by atoms with Crippen LogP contribution >= 0.6 is 11.8 Å². The summed E-state index contributed by atoms with van der Waals surface area (Å²) in [7, 11) is 0. The zero-order valence-corrected chi connectivity index (χ0v) is 11.5. The molecular formula is C10H21N5S.